The number of hydrogen-bond donors (Lipinski definition) is 2. The molecule has 0 fully saturated rings. The molecule has 0 saturated heterocycles. The second-order valence-electron chi connectivity index (χ2n) is 7.06. The quantitative estimate of drug-likeness (QED) is 0.283. The van der Waals surface area contributed by atoms with Gasteiger partial charge < -0.3 is 9.47 Å². The van der Waals surface area contributed by atoms with Crippen molar-refractivity contribution in [2.45, 2.75) is 6.61 Å². The number of carbonyl (C=O) groups excluding carboxylic acids is 1. The van der Waals surface area contributed by atoms with Gasteiger partial charge in [-0.3, -0.25) is 9.89 Å². The highest BCUT2D eigenvalue weighted by molar-refractivity contribution is 6.30. The van der Waals surface area contributed by atoms with E-state index in [1.165, 1.54) is 6.21 Å². The minimum absolute atomic E-state index is 0.290. The lowest BCUT2D eigenvalue weighted by Crippen LogP contribution is -2.18. The van der Waals surface area contributed by atoms with Crippen molar-refractivity contribution >= 4 is 23.7 Å². The number of nitrogens with one attached hydrogen (secondary N) is 2. The number of aromatic nitrogens is 2. The molecule has 0 radical (unpaired) electrons. The van der Waals surface area contributed by atoms with Crippen molar-refractivity contribution in [2.24, 2.45) is 5.10 Å². The Morgan fingerprint density at radius 1 is 1.06 bits per heavy atom. The predicted octanol–water partition coefficient (Wildman–Crippen LogP) is 5.08. The van der Waals surface area contributed by atoms with Crippen LogP contribution in [0, 0.1) is 0 Å². The van der Waals surface area contributed by atoms with E-state index in [0.29, 0.717) is 34.5 Å². The van der Waals surface area contributed by atoms with Gasteiger partial charge in [-0.1, -0.05) is 54.1 Å². The van der Waals surface area contributed by atoms with Crippen molar-refractivity contribution in [2.75, 3.05) is 7.11 Å². The van der Waals surface area contributed by atoms with Crippen LogP contribution in [0.3, 0.4) is 0 Å². The Morgan fingerprint density at radius 2 is 1.85 bits per heavy atom. The SMILES string of the molecule is COc1ccc(C=NNC(=O)c2cc(-c3ccc(Cl)cc3)n[nH]2)cc1OCc1ccccc1. The first-order valence-corrected chi connectivity index (χ1v) is 10.5. The number of methoxy groups -OCH3 is 1. The van der Waals surface area contributed by atoms with Gasteiger partial charge in [-0.25, -0.2) is 5.43 Å². The van der Waals surface area contributed by atoms with E-state index in [0.717, 1.165) is 16.7 Å². The van der Waals surface area contributed by atoms with E-state index in [9.17, 15) is 4.79 Å². The lowest BCUT2D eigenvalue weighted by molar-refractivity contribution is 0.0950. The normalized spacial score (nSPS) is 10.8. The van der Waals surface area contributed by atoms with Crippen LogP contribution in [-0.2, 0) is 6.61 Å². The molecule has 166 valence electrons. The molecule has 0 aliphatic carbocycles. The van der Waals surface area contributed by atoms with Crippen LogP contribution in [0.2, 0.25) is 5.02 Å². The fraction of sp³-hybridized carbons (Fsp3) is 0.0800. The van der Waals surface area contributed by atoms with Crippen LogP contribution in [0.1, 0.15) is 21.6 Å². The summed E-state index contributed by atoms with van der Waals surface area (Å²) in [7, 11) is 1.58. The second-order valence-corrected chi connectivity index (χ2v) is 7.49. The van der Waals surface area contributed by atoms with Gasteiger partial charge in [-0.15, -0.1) is 0 Å². The van der Waals surface area contributed by atoms with Crippen molar-refractivity contribution in [3.63, 3.8) is 0 Å². The smallest absolute Gasteiger partial charge is 0.289 e. The summed E-state index contributed by atoms with van der Waals surface area (Å²) >= 11 is 5.91. The summed E-state index contributed by atoms with van der Waals surface area (Å²) < 4.78 is 11.3. The highest BCUT2D eigenvalue weighted by Gasteiger charge is 2.11. The number of nitrogens with zero attached hydrogens (tertiary/aromatic N) is 2. The van der Waals surface area contributed by atoms with Crippen molar-refractivity contribution in [1.29, 1.82) is 0 Å². The third kappa shape index (κ3) is 5.78. The molecule has 4 rings (SSSR count). The average molecular weight is 461 g/mol. The average Bonchev–Trinajstić information content (AvgIpc) is 3.34. The van der Waals surface area contributed by atoms with Crippen LogP contribution in [0.25, 0.3) is 11.3 Å². The maximum atomic E-state index is 12.4. The standard InChI is InChI=1S/C25H21ClN4O3/c1-32-23-12-7-18(13-24(23)33-16-17-5-3-2-4-6-17)15-27-30-25(31)22-14-21(28-29-22)19-8-10-20(26)11-9-19/h2-15H,16H2,1H3,(H,28,29)(H,30,31). The molecule has 0 aliphatic rings. The lowest BCUT2D eigenvalue weighted by Gasteiger charge is -2.11. The minimum Gasteiger partial charge on any atom is -0.493 e. The number of rotatable bonds is 8. The lowest BCUT2D eigenvalue weighted by atomic mass is 10.1. The summed E-state index contributed by atoms with van der Waals surface area (Å²) in [4.78, 5) is 12.4. The van der Waals surface area contributed by atoms with Crippen molar-refractivity contribution in [1.82, 2.24) is 15.6 Å². The number of halogens is 1. The van der Waals surface area contributed by atoms with Gasteiger partial charge in [-0.2, -0.15) is 10.2 Å². The highest BCUT2D eigenvalue weighted by Crippen LogP contribution is 2.28. The number of H-pyrrole nitrogens is 1. The summed E-state index contributed by atoms with van der Waals surface area (Å²) in [5.41, 5.74) is 6.05. The second kappa shape index (κ2) is 10.5. The van der Waals surface area contributed by atoms with E-state index >= 15 is 0 Å². The molecule has 0 saturated carbocycles. The molecule has 0 atom stereocenters. The van der Waals surface area contributed by atoms with Gasteiger partial charge >= 0.3 is 0 Å². The molecule has 33 heavy (non-hydrogen) atoms. The van der Waals surface area contributed by atoms with Crippen LogP contribution in [0.5, 0.6) is 11.5 Å². The minimum atomic E-state index is -0.409. The zero-order valence-corrected chi connectivity index (χ0v) is 18.5. The summed E-state index contributed by atoms with van der Waals surface area (Å²) in [6, 6.07) is 24.1. The van der Waals surface area contributed by atoms with Crippen LogP contribution in [0.15, 0.2) is 84.0 Å². The number of aromatic amines is 1. The Bertz CT molecular complexity index is 1250. The molecular formula is C25H21ClN4O3. The topological polar surface area (TPSA) is 88.6 Å². The van der Waals surface area contributed by atoms with Gasteiger partial charge in [0.2, 0.25) is 0 Å². The van der Waals surface area contributed by atoms with E-state index in [-0.39, 0.29) is 0 Å². The van der Waals surface area contributed by atoms with Gasteiger partial charge in [-0.05, 0) is 47.5 Å². The predicted molar refractivity (Wildman–Crippen MR) is 128 cm³/mol. The summed E-state index contributed by atoms with van der Waals surface area (Å²) in [6.45, 7) is 0.407. The molecule has 0 unspecified atom stereocenters. The Morgan fingerprint density at radius 3 is 2.61 bits per heavy atom. The van der Waals surface area contributed by atoms with Crippen molar-refractivity contribution in [3.05, 3.63) is 101 Å². The van der Waals surface area contributed by atoms with Crippen LogP contribution in [0.4, 0.5) is 0 Å². The maximum Gasteiger partial charge on any atom is 0.289 e. The van der Waals surface area contributed by atoms with Crippen LogP contribution in [-0.4, -0.2) is 29.4 Å². The number of hydrazone groups is 1. The summed E-state index contributed by atoms with van der Waals surface area (Å²) in [6.07, 6.45) is 1.53. The highest BCUT2D eigenvalue weighted by atomic mass is 35.5. The fourth-order valence-electron chi connectivity index (χ4n) is 3.05. The molecule has 4 aromatic rings. The van der Waals surface area contributed by atoms with Crippen molar-refractivity contribution < 1.29 is 14.3 Å². The first-order chi connectivity index (χ1) is 16.1. The van der Waals surface area contributed by atoms with Crippen LogP contribution >= 0.6 is 11.6 Å². The molecule has 0 aliphatic heterocycles. The van der Waals surface area contributed by atoms with Gasteiger partial charge in [0.25, 0.3) is 5.91 Å². The largest absolute Gasteiger partial charge is 0.493 e. The Kier molecular flexibility index (Phi) is 7.02. The molecule has 3 aromatic carbocycles. The van der Waals surface area contributed by atoms with E-state index < -0.39 is 5.91 Å². The molecule has 1 amide bonds. The molecule has 1 aromatic heterocycles. The van der Waals surface area contributed by atoms with Gasteiger partial charge in [0.1, 0.15) is 12.3 Å². The zero-order chi connectivity index (χ0) is 23.0. The zero-order valence-electron chi connectivity index (χ0n) is 17.8. The Labute approximate surface area is 196 Å². The van der Waals surface area contributed by atoms with E-state index in [1.54, 1.807) is 37.4 Å². The molecule has 8 heteroatoms. The van der Waals surface area contributed by atoms with E-state index in [1.807, 2.05) is 48.5 Å². The number of amides is 1. The first kappa shape index (κ1) is 22.1. The van der Waals surface area contributed by atoms with Gasteiger partial charge in [0.15, 0.2) is 11.5 Å². The number of ether oxygens (including phenoxy) is 2. The Hall–Kier alpha value is -4.10. The number of hydrogen-bond acceptors (Lipinski definition) is 5. The maximum absolute atomic E-state index is 12.4. The van der Waals surface area contributed by atoms with E-state index in [2.05, 4.69) is 20.7 Å². The number of benzene rings is 3. The first-order valence-electron chi connectivity index (χ1n) is 10.1. The van der Waals surface area contributed by atoms with Crippen molar-refractivity contribution in [3.8, 4) is 22.8 Å². The Balaban J connectivity index is 1.39. The van der Waals surface area contributed by atoms with Gasteiger partial charge in [0.05, 0.1) is 19.0 Å². The van der Waals surface area contributed by atoms with Crippen LogP contribution < -0.4 is 14.9 Å². The monoisotopic (exact) mass is 460 g/mol. The molecule has 1 heterocycles. The molecular weight excluding hydrogens is 440 g/mol. The fourth-order valence-corrected chi connectivity index (χ4v) is 3.18. The molecule has 7 nitrogen and oxygen atoms in total. The summed E-state index contributed by atoms with van der Waals surface area (Å²) in [5, 5.41) is 11.6. The third-order valence-corrected chi connectivity index (χ3v) is 5.02. The van der Waals surface area contributed by atoms with Gasteiger partial charge in [0, 0.05) is 10.6 Å². The summed E-state index contributed by atoms with van der Waals surface area (Å²) in [5.74, 6) is 0.783. The molecule has 2 N–H and O–H groups in total. The number of carbonyl (C=O) groups is 1. The molecule has 0 spiro atoms. The molecule has 0 bridgehead atoms. The third-order valence-electron chi connectivity index (χ3n) is 4.77. The van der Waals surface area contributed by atoms with E-state index in [4.69, 9.17) is 21.1 Å².